The van der Waals surface area contributed by atoms with Crippen LogP contribution in [0.25, 0.3) is 0 Å². The molecule has 0 aliphatic heterocycles. The van der Waals surface area contributed by atoms with Crippen LogP contribution in [0.3, 0.4) is 0 Å². The lowest BCUT2D eigenvalue weighted by Crippen LogP contribution is -2.60. The van der Waals surface area contributed by atoms with Gasteiger partial charge in [-0.25, -0.2) is 0 Å². The molecule has 0 aliphatic rings. The smallest absolute Gasteiger partial charge is 0.480 e. The van der Waals surface area contributed by atoms with Crippen molar-refractivity contribution in [3.8, 4) is 0 Å². The number of carbonyl (C=O) groups is 2. The van der Waals surface area contributed by atoms with Crippen LogP contribution in [0.1, 0.15) is 75.2 Å². The number of hydrogen-bond donors (Lipinski definition) is 2. The Bertz CT molecular complexity index is 448. The lowest BCUT2D eigenvalue weighted by Gasteiger charge is -2.40. The van der Waals surface area contributed by atoms with Crippen molar-refractivity contribution in [3.05, 3.63) is 0 Å². The van der Waals surface area contributed by atoms with Crippen molar-refractivity contribution in [2.24, 2.45) is 5.73 Å². The molecule has 0 saturated carbocycles. The zero-order valence-corrected chi connectivity index (χ0v) is 18.5. The molecule has 0 unspecified atom stereocenters. The lowest BCUT2D eigenvalue weighted by molar-refractivity contribution is -0.162. The largest absolute Gasteiger partial charge is 0.752 e. The van der Waals surface area contributed by atoms with Crippen molar-refractivity contribution in [3.63, 3.8) is 0 Å². The van der Waals surface area contributed by atoms with Crippen molar-refractivity contribution < 1.29 is 32.4 Å². The number of hydrogen-bond acceptors (Lipinski definition) is 7. The molecule has 8 nitrogen and oxygen atoms in total. The van der Waals surface area contributed by atoms with Crippen molar-refractivity contribution in [1.29, 1.82) is 0 Å². The first kappa shape index (κ1) is 25.0. The van der Waals surface area contributed by atoms with Gasteiger partial charge in [0.15, 0.2) is 0 Å². The van der Waals surface area contributed by atoms with Gasteiger partial charge in [-0.2, -0.15) is 0 Å². The van der Waals surface area contributed by atoms with Gasteiger partial charge in [0, 0.05) is 6.42 Å². The maximum Gasteiger partial charge on any atom is 0.752 e. The number of carboxylic acid groups (broad SMARTS) is 1. The van der Waals surface area contributed by atoms with Gasteiger partial charge in [0.1, 0.15) is 6.04 Å². The van der Waals surface area contributed by atoms with Crippen LogP contribution in [-0.2, 0) is 27.3 Å². The molecule has 0 aromatic heterocycles. The van der Waals surface area contributed by atoms with Gasteiger partial charge in [-0.3, -0.25) is 9.59 Å². The molecule has 0 heterocycles. The summed E-state index contributed by atoms with van der Waals surface area (Å²) in [4.78, 5) is 23.2. The van der Waals surface area contributed by atoms with Crippen LogP contribution in [0.15, 0.2) is 0 Å². The molecule has 3 N–H and O–H groups in total. The van der Waals surface area contributed by atoms with E-state index in [-0.39, 0.29) is 12.8 Å². The van der Waals surface area contributed by atoms with Crippen molar-refractivity contribution in [2.75, 3.05) is 0 Å². The van der Waals surface area contributed by atoms with E-state index in [1.54, 1.807) is 62.3 Å². The van der Waals surface area contributed by atoms with Gasteiger partial charge in [0.25, 0.3) is 5.97 Å². The van der Waals surface area contributed by atoms with Gasteiger partial charge >= 0.3 is 15.0 Å². The van der Waals surface area contributed by atoms with Gasteiger partial charge in [-0.05, 0) is 68.7 Å². The van der Waals surface area contributed by atoms with E-state index in [4.69, 9.17) is 28.5 Å². The molecule has 0 saturated heterocycles. The second kappa shape index (κ2) is 8.79. The summed E-state index contributed by atoms with van der Waals surface area (Å²) in [5, 5.41) is 8.84. The molecule has 26 heavy (non-hydrogen) atoms. The summed E-state index contributed by atoms with van der Waals surface area (Å²) in [6.45, 7) is 16.3. The lowest BCUT2D eigenvalue weighted by atomic mass is 10.2. The Morgan fingerprint density at radius 2 is 1.23 bits per heavy atom. The average molecular weight is 394 g/mol. The zero-order valence-electron chi connectivity index (χ0n) is 17.5. The molecule has 0 aromatic carbocycles. The van der Waals surface area contributed by atoms with Crippen molar-refractivity contribution in [2.45, 2.75) is 98.0 Å². The summed E-state index contributed by atoms with van der Waals surface area (Å²) in [6, 6.07) is -1.14. The summed E-state index contributed by atoms with van der Waals surface area (Å²) >= 11 is 0. The molecule has 0 fully saturated rings. The molecule has 9 heteroatoms. The Balaban J connectivity index is 5.56. The summed E-state index contributed by atoms with van der Waals surface area (Å²) in [6.07, 6.45) is -0.240. The minimum absolute atomic E-state index is 0.0563. The number of carboxylic acids is 1. The van der Waals surface area contributed by atoms with E-state index >= 15 is 0 Å². The first-order valence-corrected chi connectivity index (χ1v) is 10.3. The molecule has 0 aromatic rings. The summed E-state index contributed by atoms with van der Waals surface area (Å²) in [5.74, 6) is -1.85. The maximum atomic E-state index is 12.4. The topological polar surface area (TPSA) is 117 Å². The Hall–Kier alpha value is -1.00. The summed E-state index contributed by atoms with van der Waals surface area (Å²) in [5.41, 5.74) is 3.36. The molecule has 1 atom stereocenters. The number of nitrogens with two attached hydrogens (primary N) is 1. The van der Waals surface area contributed by atoms with E-state index in [2.05, 4.69) is 0 Å². The monoisotopic (exact) mass is 393 g/mol. The Labute approximate surface area is 157 Å². The minimum Gasteiger partial charge on any atom is -0.480 e. The van der Waals surface area contributed by atoms with Crippen LogP contribution in [0.5, 0.6) is 0 Å². The summed E-state index contributed by atoms with van der Waals surface area (Å²) < 4.78 is 23.6. The highest BCUT2D eigenvalue weighted by Gasteiger charge is 2.57. The Morgan fingerprint density at radius 3 is 1.50 bits per heavy atom. The standard InChI is InChI=1S/C17H35NO7Si/c1-15(2,3)23-26(24-16(4,5)6,25-17(7,8)9)22-13(19)11-10-12(18)14(20)21/h12H,10-11,18H2,1-9H3,(H,20,21)/t12-/m0/s1. The fourth-order valence-corrected chi connectivity index (χ4v) is 4.72. The third-order valence-corrected chi connectivity index (χ3v) is 5.57. The highest BCUT2D eigenvalue weighted by molar-refractivity contribution is 6.56. The first-order chi connectivity index (χ1) is 11.3. The van der Waals surface area contributed by atoms with E-state index in [1.165, 1.54) is 0 Å². The van der Waals surface area contributed by atoms with Crippen molar-refractivity contribution >= 4 is 21.0 Å². The molecule has 0 aliphatic carbocycles. The van der Waals surface area contributed by atoms with E-state index in [0.717, 1.165) is 0 Å². The van der Waals surface area contributed by atoms with Gasteiger partial charge in [0.2, 0.25) is 0 Å². The predicted molar refractivity (Wildman–Crippen MR) is 99.2 cm³/mol. The van der Waals surface area contributed by atoms with Gasteiger partial charge in [-0.1, -0.05) is 0 Å². The second-order valence-corrected chi connectivity index (χ2v) is 10.9. The molecular weight excluding hydrogens is 358 g/mol. The van der Waals surface area contributed by atoms with Crippen LogP contribution in [0, 0.1) is 0 Å². The minimum atomic E-state index is -3.90. The van der Waals surface area contributed by atoms with E-state index in [9.17, 15) is 9.59 Å². The van der Waals surface area contributed by atoms with Crippen LogP contribution in [-0.4, -0.2) is 48.9 Å². The van der Waals surface area contributed by atoms with Crippen LogP contribution < -0.4 is 5.73 Å². The molecule has 0 amide bonds. The normalized spacial score (nSPS) is 14.8. The van der Waals surface area contributed by atoms with E-state index < -0.39 is 43.8 Å². The number of aliphatic carboxylic acids is 1. The van der Waals surface area contributed by atoms with Crippen LogP contribution in [0.2, 0.25) is 0 Å². The quantitative estimate of drug-likeness (QED) is 0.604. The van der Waals surface area contributed by atoms with Gasteiger partial charge in [0.05, 0.1) is 16.8 Å². The first-order valence-electron chi connectivity index (χ1n) is 8.65. The second-order valence-electron chi connectivity index (χ2n) is 9.10. The molecule has 0 rings (SSSR count). The maximum absolute atomic E-state index is 12.4. The zero-order chi connectivity index (χ0) is 21.0. The summed E-state index contributed by atoms with van der Waals surface area (Å²) in [7, 11) is -3.90. The molecule has 0 radical (unpaired) electrons. The number of rotatable bonds is 8. The Kier molecular flexibility index (Phi) is 8.45. The third kappa shape index (κ3) is 11.6. The highest BCUT2D eigenvalue weighted by Crippen LogP contribution is 2.30. The molecule has 0 spiro atoms. The number of carbonyl (C=O) groups excluding carboxylic acids is 1. The molecule has 0 bridgehead atoms. The fourth-order valence-electron chi connectivity index (χ4n) is 1.84. The Morgan fingerprint density at radius 1 is 0.885 bits per heavy atom. The fraction of sp³-hybridized carbons (Fsp3) is 0.882. The molecular formula is C17H35NO7Si. The highest BCUT2D eigenvalue weighted by atomic mass is 28.4. The van der Waals surface area contributed by atoms with E-state index in [0.29, 0.717) is 0 Å². The third-order valence-electron chi connectivity index (χ3n) is 2.51. The van der Waals surface area contributed by atoms with E-state index in [1.807, 2.05) is 0 Å². The predicted octanol–water partition coefficient (Wildman–Crippen LogP) is 2.60. The van der Waals surface area contributed by atoms with Crippen LogP contribution >= 0.6 is 0 Å². The van der Waals surface area contributed by atoms with Crippen molar-refractivity contribution in [1.82, 2.24) is 0 Å². The molecule has 154 valence electrons. The van der Waals surface area contributed by atoms with Gasteiger partial charge < -0.3 is 28.5 Å². The SMILES string of the molecule is CC(C)(C)O[Si](OC(=O)CC[C@H](N)C(=O)O)(OC(C)(C)C)OC(C)(C)C. The van der Waals surface area contributed by atoms with Gasteiger partial charge in [-0.15, -0.1) is 0 Å². The average Bonchev–Trinajstić information content (AvgIpc) is 2.27. The van der Waals surface area contributed by atoms with Crippen LogP contribution in [0.4, 0.5) is 0 Å².